The number of hydrogen-bond acceptors (Lipinski definition) is 4. The Morgan fingerprint density at radius 3 is 2.96 bits per heavy atom. The van der Waals surface area contributed by atoms with Crippen molar-refractivity contribution in [3.8, 4) is 0 Å². The van der Waals surface area contributed by atoms with E-state index in [9.17, 15) is 4.79 Å². The molecule has 8 heteroatoms. The summed E-state index contributed by atoms with van der Waals surface area (Å²) in [6.07, 6.45) is 1.08. The lowest BCUT2D eigenvalue weighted by molar-refractivity contribution is -0.126. The first-order chi connectivity index (χ1) is 11.1. The van der Waals surface area contributed by atoms with Crippen LogP contribution in [0.25, 0.3) is 0 Å². The molecule has 2 atom stereocenters. The van der Waals surface area contributed by atoms with Crippen LogP contribution in [0.15, 0.2) is 18.2 Å². The highest BCUT2D eigenvalue weighted by molar-refractivity contribution is 6.30. The van der Waals surface area contributed by atoms with E-state index in [0.717, 1.165) is 31.1 Å². The quantitative estimate of drug-likeness (QED) is 0.800. The highest BCUT2D eigenvalue weighted by Gasteiger charge is 2.26. The summed E-state index contributed by atoms with van der Waals surface area (Å²) in [6, 6.07) is 5.80. The Kier molecular flexibility index (Phi) is 9.32. The summed E-state index contributed by atoms with van der Waals surface area (Å²) in [5.74, 6) is 0.518. The van der Waals surface area contributed by atoms with E-state index in [1.807, 2.05) is 12.1 Å². The molecule has 0 saturated carbocycles. The van der Waals surface area contributed by atoms with Gasteiger partial charge in [0.15, 0.2) is 0 Å². The van der Waals surface area contributed by atoms with Crippen molar-refractivity contribution in [3.63, 3.8) is 0 Å². The van der Waals surface area contributed by atoms with Gasteiger partial charge in [-0.3, -0.25) is 4.79 Å². The molecular formula is C17H26Cl3N3O2. The summed E-state index contributed by atoms with van der Waals surface area (Å²) in [4.78, 5) is 14.5. The molecule has 1 amide bonds. The largest absolute Gasteiger partial charge is 0.378 e. The number of ether oxygens (including phenoxy) is 1. The lowest BCUT2D eigenvalue weighted by atomic mass is 10.1. The SMILES string of the molecule is Cc1ccc(Cl)cc1N1CCC(CNC(=O)C2COCCN2)C1.Cl.Cl. The van der Waals surface area contributed by atoms with Crippen LogP contribution in [-0.2, 0) is 9.53 Å². The normalized spacial score (nSPS) is 22.7. The zero-order valence-corrected chi connectivity index (χ0v) is 16.7. The van der Waals surface area contributed by atoms with Gasteiger partial charge in [-0.25, -0.2) is 0 Å². The van der Waals surface area contributed by atoms with Crippen LogP contribution in [0.5, 0.6) is 0 Å². The van der Waals surface area contributed by atoms with Gasteiger partial charge in [-0.2, -0.15) is 0 Å². The molecule has 2 aliphatic heterocycles. The third kappa shape index (κ3) is 5.90. The van der Waals surface area contributed by atoms with Gasteiger partial charge in [0.25, 0.3) is 0 Å². The molecule has 2 unspecified atom stereocenters. The number of aryl methyl sites for hydroxylation is 1. The number of amides is 1. The molecule has 25 heavy (non-hydrogen) atoms. The molecule has 3 rings (SSSR count). The second-order valence-electron chi connectivity index (χ2n) is 6.36. The van der Waals surface area contributed by atoms with Crippen molar-refractivity contribution in [1.29, 1.82) is 0 Å². The van der Waals surface area contributed by atoms with Crippen LogP contribution in [0.1, 0.15) is 12.0 Å². The van der Waals surface area contributed by atoms with Crippen LogP contribution < -0.4 is 15.5 Å². The van der Waals surface area contributed by atoms with Crippen molar-refractivity contribution < 1.29 is 9.53 Å². The van der Waals surface area contributed by atoms with Crippen molar-refractivity contribution >= 4 is 48.0 Å². The van der Waals surface area contributed by atoms with Gasteiger partial charge in [0.2, 0.25) is 5.91 Å². The van der Waals surface area contributed by atoms with Crippen LogP contribution in [0.4, 0.5) is 5.69 Å². The fourth-order valence-corrected chi connectivity index (χ4v) is 3.41. The van der Waals surface area contributed by atoms with E-state index in [0.29, 0.717) is 25.7 Å². The van der Waals surface area contributed by atoms with Gasteiger partial charge in [-0.1, -0.05) is 17.7 Å². The van der Waals surface area contributed by atoms with Crippen LogP contribution in [0, 0.1) is 12.8 Å². The topological polar surface area (TPSA) is 53.6 Å². The molecular weight excluding hydrogens is 385 g/mol. The Balaban J connectivity index is 0.00000156. The van der Waals surface area contributed by atoms with Gasteiger partial charge in [0.05, 0.1) is 13.2 Å². The Labute approximate surface area is 166 Å². The molecule has 1 aromatic rings. The maximum absolute atomic E-state index is 12.1. The summed E-state index contributed by atoms with van der Waals surface area (Å²) in [5.41, 5.74) is 2.44. The molecule has 2 fully saturated rings. The molecule has 2 aliphatic rings. The number of nitrogens with one attached hydrogen (secondary N) is 2. The van der Waals surface area contributed by atoms with Crippen LogP contribution in [0.3, 0.4) is 0 Å². The average molecular weight is 411 g/mol. The van der Waals surface area contributed by atoms with E-state index in [1.54, 1.807) is 0 Å². The van der Waals surface area contributed by atoms with E-state index < -0.39 is 0 Å². The number of anilines is 1. The summed E-state index contributed by atoms with van der Waals surface area (Å²) in [6.45, 7) is 6.67. The molecule has 1 aromatic carbocycles. The summed E-state index contributed by atoms with van der Waals surface area (Å²) in [5, 5.41) is 7.01. The van der Waals surface area contributed by atoms with Crippen molar-refractivity contribution in [2.24, 2.45) is 5.92 Å². The van der Waals surface area contributed by atoms with E-state index in [4.69, 9.17) is 16.3 Å². The van der Waals surface area contributed by atoms with E-state index in [-0.39, 0.29) is 36.8 Å². The van der Waals surface area contributed by atoms with Crippen LogP contribution in [-0.4, -0.2) is 51.3 Å². The van der Waals surface area contributed by atoms with Crippen molar-refractivity contribution in [2.75, 3.05) is 44.3 Å². The zero-order valence-electron chi connectivity index (χ0n) is 14.3. The lowest BCUT2D eigenvalue weighted by Crippen LogP contribution is -2.52. The van der Waals surface area contributed by atoms with Gasteiger partial charge in [-0.15, -0.1) is 24.8 Å². The van der Waals surface area contributed by atoms with Gasteiger partial charge >= 0.3 is 0 Å². The fourth-order valence-electron chi connectivity index (χ4n) is 3.24. The molecule has 2 N–H and O–H groups in total. The minimum atomic E-state index is -0.212. The van der Waals surface area contributed by atoms with Crippen LogP contribution in [0.2, 0.25) is 5.02 Å². The first kappa shape index (κ1) is 22.3. The first-order valence-electron chi connectivity index (χ1n) is 8.23. The Morgan fingerprint density at radius 1 is 1.44 bits per heavy atom. The molecule has 2 heterocycles. The highest BCUT2D eigenvalue weighted by Crippen LogP contribution is 2.29. The number of halogens is 3. The first-order valence-corrected chi connectivity index (χ1v) is 8.61. The molecule has 0 aliphatic carbocycles. The van der Waals surface area contributed by atoms with Crippen molar-refractivity contribution in [1.82, 2.24) is 10.6 Å². The molecule has 142 valence electrons. The molecule has 0 aromatic heterocycles. The summed E-state index contributed by atoms with van der Waals surface area (Å²) < 4.78 is 5.33. The second kappa shape index (κ2) is 10.4. The number of rotatable bonds is 4. The van der Waals surface area contributed by atoms with Gasteiger partial charge in [0.1, 0.15) is 6.04 Å². The maximum atomic E-state index is 12.1. The smallest absolute Gasteiger partial charge is 0.239 e. The second-order valence-corrected chi connectivity index (χ2v) is 6.79. The number of morpholine rings is 1. The van der Waals surface area contributed by atoms with Crippen molar-refractivity contribution in [3.05, 3.63) is 28.8 Å². The van der Waals surface area contributed by atoms with E-state index in [2.05, 4.69) is 28.5 Å². The Hall–Kier alpha value is -0.720. The Bertz CT molecular complexity index is 568. The van der Waals surface area contributed by atoms with E-state index in [1.165, 1.54) is 11.3 Å². The predicted octanol–water partition coefficient (Wildman–Crippen LogP) is 2.42. The summed E-state index contributed by atoms with van der Waals surface area (Å²) in [7, 11) is 0. The fraction of sp³-hybridized carbons (Fsp3) is 0.588. The molecule has 5 nitrogen and oxygen atoms in total. The van der Waals surface area contributed by atoms with Gasteiger partial charge in [-0.05, 0) is 37.0 Å². The van der Waals surface area contributed by atoms with Gasteiger partial charge in [0, 0.05) is 36.9 Å². The molecule has 0 spiro atoms. The van der Waals surface area contributed by atoms with Gasteiger partial charge < -0.3 is 20.3 Å². The minimum absolute atomic E-state index is 0. The molecule has 0 bridgehead atoms. The Morgan fingerprint density at radius 2 is 2.24 bits per heavy atom. The maximum Gasteiger partial charge on any atom is 0.239 e. The monoisotopic (exact) mass is 409 g/mol. The number of benzene rings is 1. The zero-order chi connectivity index (χ0) is 16.2. The lowest BCUT2D eigenvalue weighted by Gasteiger charge is -2.24. The van der Waals surface area contributed by atoms with Crippen molar-refractivity contribution in [2.45, 2.75) is 19.4 Å². The number of nitrogens with zero attached hydrogens (tertiary/aromatic N) is 1. The standard InChI is InChI=1S/C17H24ClN3O2.2ClH/c1-12-2-3-14(18)8-16(12)21-6-4-13(10-21)9-20-17(22)15-11-23-7-5-19-15;;/h2-3,8,13,15,19H,4-7,9-11H2,1H3,(H,20,22);2*1H. The van der Waals surface area contributed by atoms with Crippen LogP contribution >= 0.6 is 36.4 Å². The van der Waals surface area contributed by atoms with E-state index >= 15 is 0 Å². The summed E-state index contributed by atoms with van der Waals surface area (Å²) >= 11 is 6.12. The highest BCUT2D eigenvalue weighted by atomic mass is 35.5. The number of hydrogen-bond donors (Lipinski definition) is 2. The molecule has 2 saturated heterocycles. The number of carbonyl (C=O) groups is 1. The predicted molar refractivity (Wildman–Crippen MR) is 107 cm³/mol. The minimum Gasteiger partial charge on any atom is -0.378 e. The third-order valence-electron chi connectivity index (χ3n) is 4.60. The average Bonchev–Trinajstić information content (AvgIpc) is 3.04. The number of carbonyl (C=O) groups excluding carboxylic acids is 1. The third-order valence-corrected chi connectivity index (χ3v) is 4.84. The molecule has 0 radical (unpaired) electrons.